The highest BCUT2D eigenvalue weighted by Gasteiger charge is 2.20. The standard InChI is InChI=1S/C13H21N3O2/c1-4-7-15(3)12(17)5-6-13(18)16-10-8-14(2)9-11-16/h1H,5-11H2,2-3H3. The van der Waals surface area contributed by atoms with E-state index in [1.165, 1.54) is 4.90 Å². The number of rotatable bonds is 4. The quantitative estimate of drug-likeness (QED) is 0.641. The molecule has 1 rings (SSSR count). The van der Waals surface area contributed by atoms with E-state index in [0.717, 1.165) is 26.2 Å². The van der Waals surface area contributed by atoms with Gasteiger partial charge in [0.2, 0.25) is 11.8 Å². The molecule has 0 saturated carbocycles. The Morgan fingerprint density at radius 1 is 1.22 bits per heavy atom. The molecule has 0 N–H and O–H groups in total. The lowest BCUT2D eigenvalue weighted by molar-refractivity contribution is -0.137. The van der Waals surface area contributed by atoms with Crippen molar-refractivity contribution in [3.8, 4) is 12.3 Å². The number of carbonyl (C=O) groups is 2. The van der Waals surface area contributed by atoms with Crippen molar-refractivity contribution in [3.63, 3.8) is 0 Å². The van der Waals surface area contributed by atoms with Gasteiger partial charge < -0.3 is 14.7 Å². The predicted molar refractivity (Wildman–Crippen MR) is 69.8 cm³/mol. The van der Waals surface area contributed by atoms with E-state index in [2.05, 4.69) is 10.8 Å². The molecular formula is C13H21N3O2. The molecule has 0 unspecified atom stereocenters. The Kier molecular flexibility index (Phi) is 5.66. The maximum atomic E-state index is 11.9. The van der Waals surface area contributed by atoms with Crippen molar-refractivity contribution >= 4 is 11.8 Å². The van der Waals surface area contributed by atoms with Crippen LogP contribution in [0.4, 0.5) is 0 Å². The fraction of sp³-hybridized carbons (Fsp3) is 0.692. The van der Waals surface area contributed by atoms with Crippen LogP contribution in [0.1, 0.15) is 12.8 Å². The molecular weight excluding hydrogens is 230 g/mol. The van der Waals surface area contributed by atoms with Gasteiger partial charge in [-0.3, -0.25) is 9.59 Å². The molecule has 0 aromatic heterocycles. The molecule has 100 valence electrons. The predicted octanol–water partition coefficient (Wildman–Crippen LogP) is -0.368. The molecule has 1 heterocycles. The molecule has 0 aromatic rings. The van der Waals surface area contributed by atoms with Gasteiger partial charge in [0.05, 0.1) is 6.54 Å². The summed E-state index contributed by atoms with van der Waals surface area (Å²) in [7, 11) is 3.70. The smallest absolute Gasteiger partial charge is 0.223 e. The number of amides is 2. The van der Waals surface area contributed by atoms with Crippen molar-refractivity contribution in [3.05, 3.63) is 0 Å². The molecule has 0 bridgehead atoms. The van der Waals surface area contributed by atoms with Crippen LogP contribution in [-0.4, -0.2) is 73.3 Å². The fourth-order valence-corrected chi connectivity index (χ4v) is 1.84. The highest BCUT2D eigenvalue weighted by Crippen LogP contribution is 2.04. The number of terminal acetylenes is 1. The van der Waals surface area contributed by atoms with Crippen LogP contribution in [0, 0.1) is 12.3 Å². The van der Waals surface area contributed by atoms with Crippen molar-refractivity contribution in [1.29, 1.82) is 0 Å². The lowest BCUT2D eigenvalue weighted by atomic mass is 10.2. The lowest BCUT2D eigenvalue weighted by Crippen LogP contribution is -2.47. The second-order valence-corrected chi connectivity index (χ2v) is 4.64. The zero-order valence-corrected chi connectivity index (χ0v) is 11.2. The van der Waals surface area contributed by atoms with E-state index < -0.39 is 0 Å². The molecule has 5 nitrogen and oxygen atoms in total. The number of piperazine rings is 1. The van der Waals surface area contributed by atoms with Gasteiger partial charge in [0.25, 0.3) is 0 Å². The maximum Gasteiger partial charge on any atom is 0.223 e. The van der Waals surface area contributed by atoms with Crippen molar-refractivity contribution in [2.24, 2.45) is 0 Å². The van der Waals surface area contributed by atoms with Gasteiger partial charge in [-0.1, -0.05) is 5.92 Å². The second kappa shape index (κ2) is 7.02. The van der Waals surface area contributed by atoms with Crippen molar-refractivity contribution in [2.75, 3.05) is 46.8 Å². The van der Waals surface area contributed by atoms with Gasteiger partial charge in [0.1, 0.15) is 0 Å². The lowest BCUT2D eigenvalue weighted by Gasteiger charge is -2.32. The average Bonchev–Trinajstić information content (AvgIpc) is 2.36. The van der Waals surface area contributed by atoms with Crippen molar-refractivity contribution < 1.29 is 9.59 Å². The zero-order valence-electron chi connectivity index (χ0n) is 11.2. The highest BCUT2D eigenvalue weighted by atomic mass is 16.2. The summed E-state index contributed by atoms with van der Waals surface area (Å²) in [5.74, 6) is 2.40. The number of likely N-dealkylation sites (N-methyl/N-ethyl adjacent to an activating group) is 1. The summed E-state index contributed by atoms with van der Waals surface area (Å²) in [4.78, 5) is 29.0. The first-order valence-corrected chi connectivity index (χ1v) is 6.18. The Morgan fingerprint density at radius 2 is 1.83 bits per heavy atom. The van der Waals surface area contributed by atoms with Crippen LogP contribution in [0.5, 0.6) is 0 Å². The van der Waals surface area contributed by atoms with Crippen LogP contribution in [0.2, 0.25) is 0 Å². The van der Waals surface area contributed by atoms with Crippen LogP contribution in [0.25, 0.3) is 0 Å². The van der Waals surface area contributed by atoms with Gasteiger partial charge >= 0.3 is 0 Å². The topological polar surface area (TPSA) is 43.9 Å². The largest absolute Gasteiger partial charge is 0.340 e. The van der Waals surface area contributed by atoms with E-state index in [9.17, 15) is 9.59 Å². The van der Waals surface area contributed by atoms with Crippen LogP contribution < -0.4 is 0 Å². The van der Waals surface area contributed by atoms with Gasteiger partial charge in [-0.15, -0.1) is 6.42 Å². The summed E-state index contributed by atoms with van der Waals surface area (Å²) in [6.07, 6.45) is 5.64. The summed E-state index contributed by atoms with van der Waals surface area (Å²) in [5.41, 5.74) is 0. The van der Waals surface area contributed by atoms with Crippen molar-refractivity contribution in [2.45, 2.75) is 12.8 Å². The van der Waals surface area contributed by atoms with E-state index >= 15 is 0 Å². The SMILES string of the molecule is C#CCN(C)C(=O)CCC(=O)N1CCN(C)CC1. The minimum absolute atomic E-state index is 0.0607. The van der Waals surface area contributed by atoms with Crippen LogP contribution in [0.3, 0.4) is 0 Å². The molecule has 1 fully saturated rings. The van der Waals surface area contributed by atoms with Crippen molar-refractivity contribution in [1.82, 2.24) is 14.7 Å². The Hall–Kier alpha value is -1.54. The summed E-state index contributed by atoms with van der Waals surface area (Å²) in [6, 6.07) is 0. The summed E-state index contributed by atoms with van der Waals surface area (Å²) >= 11 is 0. The Bertz CT molecular complexity index is 341. The minimum Gasteiger partial charge on any atom is -0.340 e. The Balaban J connectivity index is 2.29. The molecule has 5 heteroatoms. The molecule has 0 radical (unpaired) electrons. The van der Waals surface area contributed by atoms with Gasteiger partial charge in [0.15, 0.2) is 0 Å². The Labute approximate surface area is 109 Å². The third-order valence-electron chi connectivity index (χ3n) is 3.16. The van der Waals surface area contributed by atoms with Crippen LogP contribution in [-0.2, 0) is 9.59 Å². The molecule has 0 aliphatic carbocycles. The fourth-order valence-electron chi connectivity index (χ4n) is 1.84. The van der Waals surface area contributed by atoms with Crippen LogP contribution in [0.15, 0.2) is 0 Å². The third-order valence-corrected chi connectivity index (χ3v) is 3.16. The van der Waals surface area contributed by atoms with Gasteiger partial charge in [-0.05, 0) is 7.05 Å². The molecule has 18 heavy (non-hydrogen) atoms. The number of hydrogen-bond acceptors (Lipinski definition) is 3. The molecule has 2 amide bonds. The van der Waals surface area contributed by atoms with E-state index in [1.807, 2.05) is 11.9 Å². The summed E-state index contributed by atoms with van der Waals surface area (Å²) < 4.78 is 0. The summed E-state index contributed by atoms with van der Waals surface area (Å²) in [5, 5.41) is 0. The number of carbonyl (C=O) groups excluding carboxylic acids is 2. The maximum absolute atomic E-state index is 11.9. The van der Waals surface area contributed by atoms with Gasteiger partial charge in [-0.2, -0.15) is 0 Å². The zero-order chi connectivity index (χ0) is 13.5. The van der Waals surface area contributed by atoms with E-state index in [4.69, 9.17) is 6.42 Å². The average molecular weight is 251 g/mol. The molecule has 1 aliphatic rings. The monoisotopic (exact) mass is 251 g/mol. The van der Waals surface area contributed by atoms with Gasteiger partial charge in [-0.25, -0.2) is 0 Å². The summed E-state index contributed by atoms with van der Waals surface area (Å²) in [6.45, 7) is 3.60. The molecule has 1 saturated heterocycles. The Morgan fingerprint density at radius 3 is 2.39 bits per heavy atom. The first-order chi connectivity index (χ1) is 8.54. The van der Waals surface area contributed by atoms with Crippen LogP contribution >= 0.6 is 0 Å². The number of nitrogens with zero attached hydrogens (tertiary/aromatic N) is 3. The second-order valence-electron chi connectivity index (χ2n) is 4.64. The highest BCUT2D eigenvalue weighted by molar-refractivity contribution is 5.83. The normalized spacial score (nSPS) is 16.2. The first-order valence-electron chi connectivity index (χ1n) is 6.18. The van der Waals surface area contributed by atoms with Gasteiger partial charge in [0, 0.05) is 46.1 Å². The van der Waals surface area contributed by atoms with E-state index in [0.29, 0.717) is 6.54 Å². The van der Waals surface area contributed by atoms with E-state index in [1.54, 1.807) is 7.05 Å². The molecule has 0 atom stereocenters. The minimum atomic E-state index is -0.0737. The number of hydrogen-bond donors (Lipinski definition) is 0. The first kappa shape index (κ1) is 14.5. The molecule has 0 aromatic carbocycles. The molecule has 1 aliphatic heterocycles. The third kappa shape index (κ3) is 4.38. The molecule has 0 spiro atoms. The van der Waals surface area contributed by atoms with E-state index in [-0.39, 0.29) is 24.7 Å².